The molecule has 0 bridgehead atoms. The van der Waals surface area contributed by atoms with Crippen molar-refractivity contribution in [2.45, 2.75) is 120 Å². The molecule has 0 radical (unpaired) electrons. The highest BCUT2D eigenvalue weighted by molar-refractivity contribution is 7.59. The van der Waals surface area contributed by atoms with Gasteiger partial charge in [-0.3, -0.25) is 0 Å². The Morgan fingerprint density at radius 2 is 1.15 bits per heavy atom. The van der Waals surface area contributed by atoms with Gasteiger partial charge in [-0.05, 0) is 42.4 Å². The maximum atomic E-state index is 9.71. The summed E-state index contributed by atoms with van der Waals surface area (Å²) < 4.78 is 0. The number of hydrogen-bond acceptors (Lipinski definition) is 1. The zero-order valence-corrected chi connectivity index (χ0v) is 21.6. The Balaban J connectivity index is -0.000000148. The van der Waals surface area contributed by atoms with E-state index in [1.54, 1.807) is 0 Å². The van der Waals surface area contributed by atoms with Gasteiger partial charge in [0.2, 0.25) is 0 Å². The molecule has 3 atom stereocenters. The average Bonchev–Trinajstić information content (AvgIpc) is 2.59. The standard InChI is InChI=1S/C10H20O.C9H18.2C2H6.2H2S/c1-7(2)9-5-4-8(3)6-10(9)11;1-8(2)9-6-4-3-5-7-9;2*1-2;;/h7-11H,4-6H2,1-3H3;8-9H,3-7H2,1-2H3;2*1-2H3;2*1H2/t8?,9?,10-;;;;;/m0...../s1. The quantitative estimate of drug-likeness (QED) is 0.489. The Bertz CT molecular complexity index is 251. The normalized spacial score (nSPS) is 25.2. The van der Waals surface area contributed by atoms with Gasteiger partial charge in [0, 0.05) is 0 Å². The average molecular weight is 411 g/mol. The predicted molar refractivity (Wildman–Crippen MR) is 132 cm³/mol. The van der Waals surface area contributed by atoms with Gasteiger partial charge < -0.3 is 5.11 Å². The summed E-state index contributed by atoms with van der Waals surface area (Å²) in [7, 11) is 0. The van der Waals surface area contributed by atoms with Crippen molar-refractivity contribution in [1.82, 2.24) is 0 Å². The van der Waals surface area contributed by atoms with Gasteiger partial charge in [0.25, 0.3) is 0 Å². The van der Waals surface area contributed by atoms with Crippen LogP contribution in [0.25, 0.3) is 0 Å². The first-order valence-corrected chi connectivity index (χ1v) is 11.1. The summed E-state index contributed by atoms with van der Waals surface area (Å²) in [5.74, 6) is 3.94. The number of rotatable bonds is 2. The third-order valence-electron chi connectivity index (χ3n) is 5.58. The van der Waals surface area contributed by atoms with Crippen molar-refractivity contribution in [3.05, 3.63) is 0 Å². The first-order valence-electron chi connectivity index (χ1n) is 11.1. The molecule has 2 rings (SSSR count). The van der Waals surface area contributed by atoms with Gasteiger partial charge in [-0.2, -0.15) is 27.0 Å². The van der Waals surface area contributed by atoms with Crippen molar-refractivity contribution in [2.24, 2.45) is 29.6 Å². The highest BCUT2D eigenvalue weighted by Crippen LogP contribution is 2.33. The van der Waals surface area contributed by atoms with Gasteiger partial charge in [-0.15, -0.1) is 0 Å². The number of hydrogen-bond donors (Lipinski definition) is 1. The zero-order valence-electron chi connectivity index (χ0n) is 19.6. The Hall–Kier alpha value is 0.660. The van der Waals surface area contributed by atoms with Crippen LogP contribution in [-0.4, -0.2) is 11.2 Å². The molecule has 2 fully saturated rings. The van der Waals surface area contributed by atoms with Gasteiger partial charge in [-0.1, -0.05) is 101 Å². The van der Waals surface area contributed by atoms with Crippen LogP contribution < -0.4 is 0 Å². The molecular weight excluding hydrogens is 356 g/mol. The Morgan fingerprint density at radius 3 is 1.46 bits per heavy atom. The van der Waals surface area contributed by atoms with Gasteiger partial charge in [0.1, 0.15) is 0 Å². The van der Waals surface area contributed by atoms with E-state index in [0.29, 0.717) is 11.8 Å². The van der Waals surface area contributed by atoms with E-state index in [-0.39, 0.29) is 33.1 Å². The Labute approximate surface area is 181 Å². The molecule has 2 aliphatic rings. The smallest absolute Gasteiger partial charge is 0.0573 e. The number of aliphatic hydroxyl groups is 1. The molecule has 0 aliphatic heterocycles. The van der Waals surface area contributed by atoms with E-state index in [1.807, 2.05) is 27.7 Å². The van der Waals surface area contributed by atoms with Crippen LogP contribution in [0.2, 0.25) is 0 Å². The van der Waals surface area contributed by atoms with Crippen LogP contribution >= 0.6 is 27.0 Å². The van der Waals surface area contributed by atoms with E-state index in [1.165, 1.54) is 44.9 Å². The molecule has 0 saturated heterocycles. The fourth-order valence-corrected chi connectivity index (χ4v) is 3.95. The van der Waals surface area contributed by atoms with Crippen LogP contribution in [0, 0.1) is 29.6 Å². The fourth-order valence-electron chi connectivity index (χ4n) is 3.95. The monoisotopic (exact) mass is 410 g/mol. The SMILES string of the molecule is CC.CC.CC(C)C1CCCCC1.CC1CCC(C(C)C)[C@@H](O)C1.S.S. The van der Waals surface area contributed by atoms with E-state index in [4.69, 9.17) is 0 Å². The molecule has 1 nitrogen and oxygen atoms in total. The summed E-state index contributed by atoms with van der Waals surface area (Å²) in [6, 6.07) is 0. The van der Waals surface area contributed by atoms with Crippen LogP contribution in [0.3, 0.4) is 0 Å². The Kier molecular flexibility index (Phi) is 28.9. The molecular formula is C23H54OS2. The van der Waals surface area contributed by atoms with Crippen molar-refractivity contribution < 1.29 is 5.11 Å². The van der Waals surface area contributed by atoms with E-state index >= 15 is 0 Å². The molecule has 0 aromatic heterocycles. The summed E-state index contributed by atoms with van der Waals surface area (Å²) in [5, 5.41) is 9.71. The van der Waals surface area contributed by atoms with Crippen molar-refractivity contribution in [3.8, 4) is 0 Å². The van der Waals surface area contributed by atoms with Gasteiger partial charge in [0.15, 0.2) is 0 Å². The van der Waals surface area contributed by atoms with Crippen molar-refractivity contribution in [3.63, 3.8) is 0 Å². The summed E-state index contributed by atoms with van der Waals surface area (Å²) >= 11 is 0. The molecule has 2 saturated carbocycles. The van der Waals surface area contributed by atoms with Gasteiger partial charge >= 0.3 is 0 Å². The lowest BCUT2D eigenvalue weighted by Gasteiger charge is -2.33. The lowest BCUT2D eigenvalue weighted by atomic mass is 9.75. The van der Waals surface area contributed by atoms with Crippen molar-refractivity contribution >= 4 is 27.0 Å². The molecule has 1 N–H and O–H groups in total. The highest BCUT2D eigenvalue weighted by Gasteiger charge is 2.28. The molecule has 0 aromatic rings. The molecule has 0 amide bonds. The van der Waals surface area contributed by atoms with E-state index in [0.717, 1.165) is 24.2 Å². The van der Waals surface area contributed by atoms with Crippen molar-refractivity contribution in [1.29, 1.82) is 0 Å². The highest BCUT2D eigenvalue weighted by atomic mass is 32.1. The molecule has 0 aromatic carbocycles. The largest absolute Gasteiger partial charge is 0.393 e. The minimum atomic E-state index is -0.0289. The second-order valence-electron chi connectivity index (χ2n) is 8.04. The molecule has 2 unspecified atom stereocenters. The third-order valence-corrected chi connectivity index (χ3v) is 5.58. The van der Waals surface area contributed by atoms with E-state index in [2.05, 4.69) is 34.6 Å². The van der Waals surface area contributed by atoms with Gasteiger partial charge in [-0.25, -0.2) is 0 Å². The zero-order chi connectivity index (χ0) is 19.1. The third kappa shape index (κ3) is 15.7. The van der Waals surface area contributed by atoms with E-state index < -0.39 is 0 Å². The van der Waals surface area contributed by atoms with Crippen LogP contribution in [0.4, 0.5) is 0 Å². The predicted octanol–water partition coefficient (Wildman–Crippen LogP) is 7.94. The maximum absolute atomic E-state index is 9.71. The van der Waals surface area contributed by atoms with Gasteiger partial charge in [0.05, 0.1) is 6.10 Å². The Morgan fingerprint density at radius 1 is 0.692 bits per heavy atom. The number of aliphatic hydroxyl groups excluding tert-OH is 1. The van der Waals surface area contributed by atoms with Crippen LogP contribution in [0.5, 0.6) is 0 Å². The lowest BCUT2D eigenvalue weighted by molar-refractivity contribution is 0.0266. The summed E-state index contributed by atoms with van der Waals surface area (Å²) in [4.78, 5) is 0. The summed E-state index contributed by atoms with van der Waals surface area (Å²) in [6.07, 6.45) is 11.0. The summed E-state index contributed by atoms with van der Waals surface area (Å²) in [6.45, 7) is 19.4. The molecule has 0 heterocycles. The minimum absolute atomic E-state index is 0. The van der Waals surface area contributed by atoms with E-state index in [9.17, 15) is 5.11 Å². The second-order valence-corrected chi connectivity index (χ2v) is 8.04. The van der Waals surface area contributed by atoms with Crippen LogP contribution in [-0.2, 0) is 0 Å². The first-order chi connectivity index (χ1) is 11.4. The molecule has 3 heteroatoms. The topological polar surface area (TPSA) is 20.2 Å². The maximum Gasteiger partial charge on any atom is 0.0573 e. The molecule has 164 valence electrons. The molecule has 0 spiro atoms. The lowest BCUT2D eigenvalue weighted by Crippen LogP contribution is -2.31. The van der Waals surface area contributed by atoms with Crippen LogP contribution in [0.15, 0.2) is 0 Å². The van der Waals surface area contributed by atoms with Crippen LogP contribution in [0.1, 0.15) is 114 Å². The molecule has 2 aliphatic carbocycles. The summed E-state index contributed by atoms with van der Waals surface area (Å²) in [5.41, 5.74) is 0. The van der Waals surface area contributed by atoms with Crippen molar-refractivity contribution in [2.75, 3.05) is 0 Å². The molecule has 26 heavy (non-hydrogen) atoms. The fraction of sp³-hybridized carbons (Fsp3) is 1.00. The minimum Gasteiger partial charge on any atom is -0.393 e. The second kappa shape index (κ2) is 22.0. The first kappa shape index (κ1) is 34.2.